The monoisotopic (exact) mass is 331 g/mol. The number of aromatic amines is 1. The SMILES string of the molecule is CN(Cc1ncc[nH]1)C(=O)c1cccc(C2=CCCS2(=O)=O)c1. The molecule has 0 atom stereocenters. The van der Waals surface area contributed by atoms with E-state index < -0.39 is 9.84 Å². The van der Waals surface area contributed by atoms with Crippen LogP contribution in [0.25, 0.3) is 4.91 Å². The van der Waals surface area contributed by atoms with Crippen molar-refractivity contribution in [2.75, 3.05) is 12.8 Å². The Balaban J connectivity index is 1.83. The fourth-order valence-corrected chi connectivity index (χ4v) is 4.09. The smallest absolute Gasteiger partial charge is 0.254 e. The van der Waals surface area contributed by atoms with Gasteiger partial charge < -0.3 is 9.88 Å². The van der Waals surface area contributed by atoms with Crippen LogP contribution in [-0.4, -0.2) is 42.0 Å². The molecule has 0 bridgehead atoms. The van der Waals surface area contributed by atoms with Crippen LogP contribution >= 0.6 is 0 Å². The third-order valence-corrected chi connectivity index (χ3v) is 5.58. The number of nitrogens with one attached hydrogen (secondary N) is 1. The van der Waals surface area contributed by atoms with Crippen LogP contribution in [0.2, 0.25) is 0 Å². The number of amides is 1. The quantitative estimate of drug-likeness (QED) is 0.926. The molecular formula is C16H17N3O3S. The predicted octanol–water partition coefficient (Wildman–Crippen LogP) is 1.84. The fraction of sp³-hybridized carbons (Fsp3) is 0.250. The lowest BCUT2D eigenvalue weighted by atomic mass is 10.1. The van der Waals surface area contributed by atoms with Gasteiger partial charge in [-0.1, -0.05) is 18.2 Å². The molecule has 1 aromatic carbocycles. The Bertz CT molecular complexity index is 854. The van der Waals surface area contributed by atoms with E-state index in [1.54, 1.807) is 49.8 Å². The summed E-state index contributed by atoms with van der Waals surface area (Å²) in [6.07, 6.45) is 5.57. The molecule has 1 aliphatic heterocycles. The van der Waals surface area contributed by atoms with Gasteiger partial charge in [0.1, 0.15) is 5.82 Å². The van der Waals surface area contributed by atoms with Gasteiger partial charge in [0.2, 0.25) is 0 Å². The number of imidazole rings is 1. The summed E-state index contributed by atoms with van der Waals surface area (Å²) < 4.78 is 24.0. The van der Waals surface area contributed by atoms with Crippen LogP contribution in [0.1, 0.15) is 28.2 Å². The van der Waals surface area contributed by atoms with Crippen molar-refractivity contribution in [1.29, 1.82) is 0 Å². The van der Waals surface area contributed by atoms with Crippen LogP contribution in [0.4, 0.5) is 0 Å². The highest BCUT2D eigenvalue weighted by molar-refractivity contribution is 8.00. The summed E-state index contributed by atoms with van der Waals surface area (Å²) in [6.45, 7) is 0.358. The van der Waals surface area contributed by atoms with E-state index >= 15 is 0 Å². The molecule has 23 heavy (non-hydrogen) atoms. The number of H-pyrrole nitrogens is 1. The summed E-state index contributed by atoms with van der Waals surface area (Å²) in [6, 6.07) is 6.75. The van der Waals surface area contributed by atoms with Crippen molar-refractivity contribution < 1.29 is 13.2 Å². The Morgan fingerprint density at radius 3 is 2.87 bits per heavy atom. The molecular weight excluding hydrogens is 314 g/mol. The van der Waals surface area contributed by atoms with E-state index in [2.05, 4.69) is 9.97 Å². The van der Waals surface area contributed by atoms with E-state index in [0.717, 1.165) is 0 Å². The van der Waals surface area contributed by atoms with Crippen molar-refractivity contribution in [1.82, 2.24) is 14.9 Å². The van der Waals surface area contributed by atoms with Crippen LogP contribution in [-0.2, 0) is 16.4 Å². The maximum atomic E-state index is 12.5. The van der Waals surface area contributed by atoms with Gasteiger partial charge in [-0.2, -0.15) is 0 Å². The lowest BCUT2D eigenvalue weighted by Crippen LogP contribution is -2.26. The minimum absolute atomic E-state index is 0.138. The molecule has 2 aromatic rings. The largest absolute Gasteiger partial charge is 0.347 e. The topological polar surface area (TPSA) is 83.1 Å². The van der Waals surface area contributed by atoms with Gasteiger partial charge >= 0.3 is 0 Å². The van der Waals surface area contributed by atoms with Crippen molar-refractivity contribution in [2.45, 2.75) is 13.0 Å². The van der Waals surface area contributed by atoms with E-state index in [0.29, 0.717) is 34.8 Å². The minimum atomic E-state index is -3.22. The van der Waals surface area contributed by atoms with Crippen LogP contribution in [0.3, 0.4) is 0 Å². The molecule has 0 aliphatic carbocycles. The van der Waals surface area contributed by atoms with Crippen LogP contribution < -0.4 is 0 Å². The second-order valence-electron chi connectivity index (χ2n) is 5.45. The summed E-state index contributed by atoms with van der Waals surface area (Å²) in [5, 5.41) is 0. The number of aromatic nitrogens is 2. The molecule has 120 valence electrons. The number of rotatable bonds is 4. The first-order valence-corrected chi connectivity index (χ1v) is 8.90. The lowest BCUT2D eigenvalue weighted by molar-refractivity contribution is 0.0782. The number of carbonyl (C=O) groups excluding carboxylic acids is 1. The van der Waals surface area contributed by atoms with Crippen molar-refractivity contribution in [3.05, 3.63) is 59.7 Å². The summed E-state index contributed by atoms with van der Waals surface area (Å²) in [7, 11) is -1.54. The zero-order valence-corrected chi connectivity index (χ0v) is 13.5. The Hall–Kier alpha value is -2.41. The van der Waals surface area contributed by atoms with Crippen LogP contribution in [0.5, 0.6) is 0 Å². The molecule has 0 radical (unpaired) electrons. The highest BCUT2D eigenvalue weighted by atomic mass is 32.2. The van der Waals surface area contributed by atoms with E-state index in [4.69, 9.17) is 0 Å². The van der Waals surface area contributed by atoms with Gasteiger partial charge in [-0.05, 0) is 24.1 Å². The Morgan fingerprint density at radius 2 is 2.22 bits per heavy atom. The summed E-state index contributed by atoms with van der Waals surface area (Å²) in [4.78, 5) is 21.4. The Kier molecular flexibility index (Phi) is 4.04. The van der Waals surface area contributed by atoms with E-state index in [1.165, 1.54) is 4.90 Å². The molecule has 6 nitrogen and oxygen atoms in total. The summed E-state index contributed by atoms with van der Waals surface area (Å²) >= 11 is 0. The summed E-state index contributed by atoms with van der Waals surface area (Å²) in [5.41, 5.74) is 1.03. The zero-order valence-electron chi connectivity index (χ0n) is 12.7. The number of allylic oxidation sites excluding steroid dienone is 1. The average molecular weight is 331 g/mol. The molecule has 0 saturated carbocycles. The molecule has 1 aliphatic rings. The van der Waals surface area contributed by atoms with E-state index in [9.17, 15) is 13.2 Å². The first kappa shape index (κ1) is 15.5. The third-order valence-electron chi connectivity index (χ3n) is 3.73. The minimum Gasteiger partial charge on any atom is -0.347 e. The fourth-order valence-electron chi connectivity index (χ4n) is 2.59. The maximum Gasteiger partial charge on any atom is 0.254 e. The average Bonchev–Trinajstić information content (AvgIpc) is 3.15. The molecule has 7 heteroatoms. The maximum absolute atomic E-state index is 12.5. The van der Waals surface area contributed by atoms with Gasteiger partial charge in [0, 0.05) is 25.0 Å². The molecule has 1 aromatic heterocycles. The summed E-state index contributed by atoms with van der Waals surface area (Å²) in [5.74, 6) is 0.649. The van der Waals surface area contributed by atoms with Crippen molar-refractivity contribution in [2.24, 2.45) is 0 Å². The van der Waals surface area contributed by atoms with Crippen molar-refractivity contribution in [3.63, 3.8) is 0 Å². The first-order valence-electron chi connectivity index (χ1n) is 7.24. The molecule has 0 fully saturated rings. The highest BCUT2D eigenvalue weighted by Gasteiger charge is 2.25. The second-order valence-corrected chi connectivity index (χ2v) is 7.53. The number of benzene rings is 1. The van der Waals surface area contributed by atoms with E-state index in [1.807, 2.05) is 0 Å². The van der Waals surface area contributed by atoms with Gasteiger partial charge in [0.15, 0.2) is 9.84 Å². The molecule has 1 N–H and O–H groups in total. The van der Waals surface area contributed by atoms with Gasteiger partial charge in [-0.25, -0.2) is 13.4 Å². The molecule has 2 heterocycles. The first-order chi connectivity index (χ1) is 11.0. The molecule has 0 spiro atoms. The molecule has 3 rings (SSSR count). The van der Waals surface area contributed by atoms with Gasteiger partial charge in [-0.15, -0.1) is 0 Å². The van der Waals surface area contributed by atoms with Crippen molar-refractivity contribution in [3.8, 4) is 0 Å². The zero-order chi connectivity index (χ0) is 16.4. The Labute approximate surface area is 134 Å². The highest BCUT2D eigenvalue weighted by Crippen LogP contribution is 2.28. The molecule has 0 unspecified atom stereocenters. The molecule has 1 amide bonds. The third kappa shape index (κ3) is 3.19. The number of hydrogen-bond donors (Lipinski definition) is 1. The van der Waals surface area contributed by atoms with Crippen LogP contribution in [0.15, 0.2) is 42.7 Å². The normalized spacial score (nSPS) is 16.1. The number of hydrogen-bond acceptors (Lipinski definition) is 4. The number of carbonyl (C=O) groups is 1. The van der Waals surface area contributed by atoms with Crippen LogP contribution in [0, 0.1) is 0 Å². The predicted molar refractivity (Wildman–Crippen MR) is 87.2 cm³/mol. The van der Waals surface area contributed by atoms with Gasteiger partial charge in [0.05, 0.1) is 17.2 Å². The van der Waals surface area contributed by atoms with Gasteiger partial charge in [-0.3, -0.25) is 4.79 Å². The molecule has 0 saturated heterocycles. The van der Waals surface area contributed by atoms with E-state index in [-0.39, 0.29) is 11.7 Å². The Morgan fingerprint density at radius 1 is 1.39 bits per heavy atom. The van der Waals surface area contributed by atoms with Gasteiger partial charge in [0.25, 0.3) is 5.91 Å². The standard InChI is InChI=1S/C16H17N3O3S/c1-19(11-15-17-7-8-18-15)16(20)13-5-2-4-12(10-13)14-6-3-9-23(14,21)22/h2,4-8,10H,3,9,11H2,1H3,(H,17,18). The number of sulfone groups is 1. The lowest BCUT2D eigenvalue weighted by Gasteiger charge is -2.16. The number of nitrogens with zero attached hydrogens (tertiary/aromatic N) is 2. The second kappa shape index (κ2) is 6.00. The van der Waals surface area contributed by atoms with Crippen molar-refractivity contribution >= 4 is 20.6 Å².